The minimum absolute atomic E-state index is 0. The zero-order chi connectivity index (χ0) is 11.1. The number of piperazine rings is 1. The molecule has 0 spiro atoms. The van der Waals surface area contributed by atoms with Gasteiger partial charge in [0.2, 0.25) is 11.8 Å². The first-order chi connectivity index (χ1) is 6.98. The van der Waals surface area contributed by atoms with Crippen molar-refractivity contribution in [2.45, 2.75) is 31.7 Å². The summed E-state index contributed by atoms with van der Waals surface area (Å²) in [6.45, 7) is 4.04. The van der Waals surface area contributed by atoms with Crippen molar-refractivity contribution in [1.82, 2.24) is 10.2 Å². The van der Waals surface area contributed by atoms with Gasteiger partial charge in [-0.05, 0) is 6.92 Å². The molecule has 1 saturated carbocycles. The van der Waals surface area contributed by atoms with E-state index in [1.54, 1.807) is 4.90 Å². The van der Waals surface area contributed by atoms with Crippen LogP contribution in [0.3, 0.4) is 0 Å². The van der Waals surface area contributed by atoms with Crippen molar-refractivity contribution >= 4 is 18.3 Å². The summed E-state index contributed by atoms with van der Waals surface area (Å²) in [5.41, 5.74) is 0. The molecule has 2 rings (SSSR count). The van der Waals surface area contributed by atoms with Crippen molar-refractivity contribution in [2.75, 3.05) is 19.6 Å². The van der Waals surface area contributed by atoms with E-state index in [1.807, 2.05) is 6.92 Å². The Bertz CT molecular complexity index is 268. The molecule has 1 aliphatic heterocycles. The van der Waals surface area contributed by atoms with E-state index in [0.29, 0.717) is 13.1 Å². The van der Waals surface area contributed by atoms with Gasteiger partial charge in [0.05, 0.1) is 0 Å². The Balaban J connectivity index is 0.00000128. The topological polar surface area (TPSA) is 32.3 Å². The van der Waals surface area contributed by atoms with Gasteiger partial charge in [0.25, 0.3) is 0 Å². The molecule has 6 heteroatoms. The lowest BCUT2D eigenvalue weighted by atomic mass is 9.80. The number of amides is 1. The van der Waals surface area contributed by atoms with Gasteiger partial charge >= 0.3 is 0 Å². The minimum atomic E-state index is -2.60. The summed E-state index contributed by atoms with van der Waals surface area (Å²) in [7, 11) is 0. The summed E-state index contributed by atoms with van der Waals surface area (Å²) in [4.78, 5) is 13.5. The van der Waals surface area contributed by atoms with Crippen LogP contribution in [-0.2, 0) is 4.79 Å². The third kappa shape index (κ3) is 2.83. The van der Waals surface area contributed by atoms with Gasteiger partial charge in [-0.15, -0.1) is 12.4 Å². The number of carbonyl (C=O) groups excluding carboxylic acids is 1. The third-order valence-electron chi connectivity index (χ3n) is 3.12. The van der Waals surface area contributed by atoms with E-state index in [4.69, 9.17) is 0 Å². The largest absolute Gasteiger partial charge is 0.340 e. The summed E-state index contributed by atoms with van der Waals surface area (Å²) in [6, 6.07) is 0.267. The fourth-order valence-corrected chi connectivity index (χ4v) is 2.23. The molecule has 0 aromatic heterocycles. The van der Waals surface area contributed by atoms with Crippen LogP contribution in [0.15, 0.2) is 0 Å². The molecule has 1 atom stereocenters. The normalized spacial score (nSPS) is 29.2. The van der Waals surface area contributed by atoms with Crippen LogP contribution in [0, 0.1) is 5.92 Å². The summed E-state index contributed by atoms with van der Waals surface area (Å²) < 4.78 is 25.2. The molecule has 0 bridgehead atoms. The van der Waals surface area contributed by atoms with Crippen molar-refractivity contribution in [3.05, 3.63) is 0 Å². The van der Waals surface area contributed by atoms with Crippen molar-refractivity contribution < 1.29 is 13.6 Å². The van der Waals surface area contributed by atoms with Gasteiger partial charge in [0.1, 0.15) is 0 Å². The van der Waals surface area contributed by atoms with Crippen LogP contribution in [0.5, 0.6) is 0 Å². The molecule has 3 nitrogen and oxygen atoms in total. The van der Waals surface area contributed by atoms with Crippen LogP contribution < -0.4 is 5.32 Å². The van der Waals surface area contributed by atoms with Gasteiger partial charge in [-0.2, -0.15) is 0 Å². The lowest BCUT2D eigenvalue weighted by molar-refractivity contribution is -0.160. The number of alkyl halides is 2. The Morgan fingerprint density at radius 2 is 2.06 bits per heavy atom. The molecule has 1 amide bonds. The van der Waals surface area contributed by atoms with E-state index in [9.17, 15) is 13.6 Å². The predicted octanol–water partition coefficient (Wildman–Crippen LogP) is 1.27. The fraction of sp³-hybridized carbons (Fsp3) is 0.900. The maximum absolute atomic E-state index is 12.6. The zero-order valence-corrected chi connectivity index (χ0v) is 10.0. The van der Waals surface area contributed by atoms with Crippen LogP contribution in [0.2, 0.25) is 0 Å². The second-order valence-electron chi connectivity index (χ2n) is 4.60. The Kier molecular flexibility index (Phi) is 4.12. The number of rotatable bonds is 1. The molecule has 94 valence electrons. The van der Waals surface area contributed by atoms with Crippen molar-refractivity contribution in [3.8, 4) is 0 Å². The quantitative estimate of drug-likeness (QED) is 0.765. The lowest BCUT2D eigenvalue weighted by Crippen LogP contribution is -2.55. The van der Waals surface area contributed by atoms with Gasteiger partial charge in [0.15, 0.2) is 0 Å². The van der Waals surface area contributed by atoms with Gasteiger partial charge in [0, 0.05) is 44.4 Å². The standard InChI is InChI=1S/C10H16F2N2O.ClH/c1-7-6-14(3-2-13-7)9(15)8-4-10(11,12)5-8;/h7-8,13H,2-6H2,1H3;1H/t7-;/m0./s1. The molecule has 0 aromatic rings. The van der Waals surface area contributed by atoms with E-state index >= 15 is 0 Å². The fourth-order valence-electron chi connectivity index (χ4n) is 2.23. The number of halogens is 3. The number of nitrogens with zero attached hydrogens (tertiary/aromatic N) is 1. The summed E-state index contributed by atoms with van der Waals surface area (Å²) >= 11 is 0. The average Bonchev–Trinajstić information content (AvgIpc) is 2.13. The van der Waals surface area contributed by atoms with E-state index in [1.165, 1.54) is 0 Å². The van der Waals surface area contributed by atoms with E-state index in [-0.39, 0.29) is 37.2 Å². The van der Waals surface area contributed by atoms with Gasteiger partial charge in [-0.3, -0.25) is 4.79 Å². The highest BCUT2D eigenvalue weighted by Gasteiger charge is 2.49. The molecule has 1 aliphatic carbocycles. The van der Waals surface area contributed by atoms with E-state index < -0.39 is 11.8 Å². The predicted molar refractivity (Wildman–Crippen MR) is 59.0 cm³/mol. The maximum atomic E-state index is 12.6. The Morgan fingerprint density at radius 3 is 2.56 bits per heavy atom. The number of hydrogen-bond donors (Lipinski definition) is 1. The first-order valence-corrected chi connectivity index (χ1v) is 5.38. The minimum Gasteiger partial charge on any atom is -0.340 e. The number of hydrogen-bond acceptors (Lipinski definition) is 2. The van der Waals surface area contributed by atoms with Gasteiger partial charge < -0.3 is 10.2 Å². The molecule has 0 radical (unpaired) electrons. The number of nitrogens with one attached hydrogen (secondary N) is 1. The first kappa shape index (κ1) is 13.6. The van der Waals surface area contributed by atoms with Gasteiger partial charge in [-0.25, -0.2) is 8.78 Å². The maximum Gasteiger partial charge on any atom is 0.249 e. The SMILES string of the molecule is C[C@H]1CN(C(=O)C2CC(F)(F)C2)CCN1.Cl. The summed E-state index contributed by atoms with van der Waals surface area (Å²) in [5.74, 6) is -3.13. The smallest absolute Gasteiger partial charge is 0.249 e. The molecular formula is C10H17ClF2N2O. The van der Waals surface area contributed by atoms with E-state index in [2.05, 4.69) is 5.32 Å². The second-order valence-corrected chi connectivity index (χ2v) is 4.60. The van der Waals surface area contributed by atoms with Crippen molar-refractivity contribution in [2.24, 2.45) is 5.92 Å². The van der Waals surface area contributed by atoms with Crippen LogP contribution in [-0.4, -0.2) is 42.4 Å². The molecular weight excluding hydrogens is 238 g/mol. The van der Waals surface area contributed by atoms with Crippen LogP contribution in [0.4, 0.5) is 8.78 Å². The van der Waals surface area contributed by atoms with E-state index in [0.717, 1.165) is 6.54 Å². The third-order valence-corrected chi connectivity index (χ3v) is 3.12. The second kappa shape index (κ2) is 4.84. The Labute approximate surface area is 100.0 Å². The van der Waals surface area contributed by atoms with Crippen LogP contribution in [0.25, 0.3) is 0 Å². The molecule has 0 aromatic carbocycles. The molecule has 1 N–H and O–H groups in total. The Hall–Kier alpha value is -0.420. The molecule has 0 unspecified atom stereocenters. The van der Waals surface area contributed by atoms with Crippen LogP contribution >= 0.6 is 12.4 Å². The summed E-state index contributed by atoms with van der Waals surface area (Å²) in [5, 5.41) is 3.22. The highest BCUT2D eigenvalue weighted by atomic mass is 35.5. The first-order valence-electron chi connectivity index (χ1n) is 5.38. The molecule has 2 aliphatic rings. The zero-order valence-electron chi connectivity index (χ0n) is 9.21. The Morgan fingerprint density at radius 1 is 1.44 bits per heavy atom. The van der Waals surface area contributed by atoms with Crippen LogP contribution in [0.1, 0.15) is 19.8 Å². The summed E-state index contributed by atoms with van der Waals surface area (Å²) in [6.07, 6.45) is -0.520. The lowest BCUT2D eigenvalue weighted by Gasteiger charge is -2.39. The monoisotopic (exact) mass is 254 g/mol. The highest BCUT2D eigenvalue weighted by Crippen LogP contribution is 2.43. The molecule has 16 heavy (non-hydrogen) atoms. The van der Waals surface area contributed by atoms with Gasteiger partial charge in [-0.1, -0.05) is 0 Å². The molecule has 1 saturated heterocycles. The van der Waals surface area contributed by atoms with Crippen molar-refractivity contribution in [1.29, 1.82) is 0 Å². The molecule has 2 fully saturated rings. The highest BCUT2D eigenvalue weighted by molar-refractivity contribution is 5.85. The van der Waals surface area contributed by atoms with Crippen molar-refractivity contribution in [3.63, 3.8) is 0 Å². The molecule has 1 heterocycles. The average molecular weight is 255 g/mol. The number of carbonyl (C=O) groups is 1.